The molecule has 90 valence electrons. The van der Waals surface area contributed by atoms with Gasteiger partial charge in [-0.15, -0.1) is 5.10 Å². The van der Waals surface area contributed by atoms with Crippen LogP contribution in [0.3, 0.4) is 0 Å². The quantitative estimate of drug-likeness (QED) is 0.646. The van der Waals surface area contributed by atoms with E-state index in [0.717, 1.165) is 0 Å². The SMILES string of the molecule is N#CCNC(=O)c1ccc(-c2n[nH]c(=S)o2)cc1. The zero-order chi connectivity index (χ0) is 13.0. The van der Waals surface area contributed by atoms with Crippen molar-refractivity contribution in [1.82, 2.24) is 15.5 Å². The predicted octanol–water partition coefficient (Wildman–Crippen LogP) is 1.65. The second-order valence-electron chi connectivity index (χ2n) is 3.34. The molecule has 2 N–H and O–H groups in total. The third-order valence-electron chi connectivity index (χ3n) is 2.16. The minimum atomic E-state index is -0.300. The van der Waals surface area contributed by atoms with Gasteiger partial charge >= 0.3 is 0 Å². The topological polar surface area (TPSA) is 94.7 Å². The first-order valence-electron chi connectivity index (χ1n) is 5.02. The number of nitrogens with one attached hydrogen (secondary N) is 2. The van der Waals surface area contributed by atoms with Crippen LogP contribution in [0.15, 0.2) is 28.7 Å². The van der Waals surface area contributed by atoms with Crippen LogP contribution in [0, 0.1) is 16.2 Å². The van der Waals surface area contributed by atoms with E-state index in [1.54, 1.807) is 24.3 Å². The van der Waals surface area contributed by atoms with Gasteiger partial charge in [0.25, 0.3) is 10.7 Å². The molecule has 7 heteroatoms. The molecular formula is C11H8N4O2S. The summed E-state index contributed by atoms with van der Waals surface area (Å²) in [5.41, 5.74) is 1.17. The van der Waals surface area contributed by atoms with Crippen molar-refractivity contribution in [3.05, 3.63) is 34.7 Å². The van der Waals surface area contributed by atoms with E-state index in [2.05, 4.69) is 15.5 Å². The van der Waals surface area contributed by atoms with Gasteiger partial charge in [0.2, 0.25) is 5.89 Å². The Morgan fingerprint density at radius 3 is 2.78 bits per heavy atom. The van der Waals surface area contributed by atoms with E-state index < -0.39 is 0 Å². The Labute approximate surface area is 107 Å². The molecule has 0 spiro atoms. The van der Waals surface area contributed by atoms with E-state index in [-0.39, 0.29) is 17.3 Å². The van der Waals surface area contributed by atoms with Crippen LogP contribution in [-0.4, -0.2) is 22.6 Å². The summed E-state index contributed by atoms with van der Waals surface area (Å²) in [7, 11) is 0. The minimum Gasteiger partial charge on any atom is -0.409 e. The smallest absolute Gasteiger partial charge is 0.284 e. The highest BCUT2D eigenvalue weighted by Crippen LogP contribution is 2.17. The number of aromatic amines is 1. The zero-order valence-corrected chi connectivity index (χ0v) is 9.95. The third-order valence-corrected chi connectivity index (χ3v) is 2.33. The highest BCUT2D eigenvalue weighted by atomic mass is 32.1. The fourth-order valence-corrected chi connectivity index (χ4v) is 1.46. The molecule has 2 aromatic rings. The van der Waals surface area contributed by atoms with E-state index in [1.807, 2.05) is 6.07 Å². The number of hydrogen-bond donors (Lipinski definition) is 2. The molecule has 0 saturated carbocycles. The van der Waals surface area contributed by atoms with Crippen LogP contribution in [0.2, 0.25) is 0 Å². The molecule has 0 aliphatic carbocycles. The lowest BCUT2D eigenvalue weighted by atomic mass is 10.1. The maximum absolute atomic E-state index is 11.5. The highest BCUT2D eigenvalue weighted by molar-refractivity contribution is 7.71. The molecule has 1 aromatic carbocycles. The van der Waals surface area contributed by atoms with Crippen LogP contribution in [0.25, 0.3) is 11.5 Å². The number of hydrogen-bond acceptors (Lipinski definition) is 5. The molecule has 0 unspecified atom stereocenters. The summed E-state index contributed by atoms with van der Waals surface area (Å²) in [6, 6.07) is 8.46. The number of carbonyl (C=O) groups is 1. The summed E-state index contributed by atoms with van der Waals surface area (Å²) in [5.74, 6) is 0.0648. The Balaban J connectivity index is 2.18. The van der Waals surface area contributed by atoms with E-state index >= 15 is 0 Å². The fraction of sp³-hybridized carbons (Fsp3) is 0.0909. The van der Waals surface area contributed by atoms with E-state index in [0.29, 0.717) is 17.0 Å². The van der Waals surface area contributed by atoms with Crippen molar-refractivity contribution in [2.75, 3.05) is 6.54 Å². The number of H-pyrrole nitrogens is 1. The molecular weight excluding hydrogens is 252 g/mol. The summed E-state index contributed by atoms with van der Waals surface area (Å²) in [5, 5.41) is 17.2. The van der Waals surface area contributed by atoms with Crippen molar-refractivity contribution in [2.45, 2.75) is 0 Å². The predicted molar refractivity (Wildman–Crippen MR) is 65.1 cm³/mol. The number of rotatable bonds is 3. The van der Waals surface area contributed by atoms with Gasteiger partial charge < -0.3 is 9.73 Å². The number of benzene rings is 1. The van der Waals surface area contributed by atoms with Crippen LogP contribution in [0.4, 0.5) is 0 Å². The summed E-state index contributed by atoms with van der Waals surface area (Å²) in [6.45, 7) is -0.0193. The molecule has 0 radical (unpaired) electrons. The molecule has 2 rings (SSSR count). The molecule has 0 bridgehead atoms. The molecule has 0 atom stereocenters. The Morgan fingerprint density at radius 2 is 2.22 bits per heavy atom. The molecule has 1 aromatic heterocycles. The van der Waals surface area contributed by atoms with Gasteiger partial charge in [0.15, 0.2) is 0 Å². The van der Waals surface area contributed by atoms with Gasteiger partial charge in [0.05, 0.1) is 6.07 Å². The fourth-order valence-electron chi connectivity index (χ4n) is 1.34. The Kier molecular flexibility index (Phi) is 3.50. The Morgan fingerprint density at radius 1 is 1.50 bits per heavy atom. The first-order valence-corrected chi connectivity index (χ1v) is 5.42. The Bertz CT molecular complexity index is 651. The molecule has 6 nitrogen and oxygen atoms in total. The molecule has 0 aliphatic heterocycles. The molecule has 0 fully saturated rings. The minimum absolute atomic E-state index is 0.0193. The number of nitrogens with zero attached hydrogens (tertiary/aromatic N) is 2. The molecule has 0 aliphatic rings. The van der Waals surface area contributed by atoms with Crippen molar-refractivity contribution in [3.63, 3.8) is 0 Å². The van der Waals surface area contributed by atoms with Crippen LogP contribution in [-0.2, 0) is 0 Å². The first-order chi connectivity index (χ1) is 8.70. The second kappa shape index (κ2) is 5.25. The van der Waals surface area contributed by atoms with Gasteiger partial charge in [-0.3, -0.25) is 4.79 Å². The standard InChI is InChI=1S/C11H8N4O2S/c12-5-6-13-9(16)7-1-3-8(4-2-7)10-14-15-11(18)17-10/h1-4H,6H2,(H,13,16)(H,15,18). The van der Waals surface area contributed by atoms with Gasteiger partial charge in [0.1, 0.15) is 6.54 Å². The van der Waals surface area contributed by atoms with E-state index in [1.165, 1.54) is 0 Å². The number of aromatic nitrogens is 2. The van der Waals surface area contributed by atoms with Gasteiger partial charge in [0, 0.05) is 11.1 Å². The van der Waals surface area contributed by atoms with Crippen molar-refractivity contribution in [1.29, 1.82) is 5.26 Å². The number of amides is 1. The van der Waals surface area contributed by atoms with E-state index in [9.17, 15) is 4.79 Å². The van der Waals surface area contributed by atoms with Crippen molar-refractivity contribution in [3.8, 4) is 17.5 Å². The number of nitriles is 1. The van der Waals surface area contributed by atoms with Crippen LogP contribution in [0.5, 0.6) is 0 Å². The van der Waals surface area contributed by atoms with Crippen LogP contribution < -0.4 is 5.32 Å². The molecule has 1 heterocycles. The maximum Gasteiger partial charge on any atom is 0.284 e. The lowest BCUT2D eigenvalue weighted by molar-refractivity contribution is 0.0958. The normalized spacial score (nSPS) is 9.72. The maximum atomic E-state index is 11.5. The summed E-state index contributed by atoms with van der Waals surface area (Å²) in [6.07, 6.45) is 0. The Hall–Kier alpha value is -2.46. The molecule has 0 saturated heterocycles. The lowest BCUT2D eigenvalue weighted by Crippen LogP contribution is -2.23. The van der Waals surface area contributed by atoms with Gasteiger partial charge in [-0.05, 0) is 36.5 Å². The molecule has 1 amide bonds. The lowest BCUT2D eigenvalue weighted by Gasteiger charge is -2.01. The van der Waals surface area contributed by atoms with Gasteiger partial charge in [-0.25, -0.2) is 5.10 Å². The summed E-state index contributed by atoms with van der Waals surface area (Å²) in [4.78, 5) is 11.7. The monoisotopic (exact) mass is 260 g/mol. The van der Waals surface area contributed by atoms with Gasteiger partial charge in [-0.1, -0.05) is 0 Å². The van der Waals surface area contributed by atoms with Crippen LogP contribution in [0.1, 0.15) is 10.4 Å². The zero-order valence-electron chi connectivity index (χ0n) is 9.14. The highest BCUT2D eigenvalue weighted by Gasteiger charge is 2.07. The van der Waals surface area contributed by atoms with Gasteiger partial charge in [-0.2, -0.15) is 5.26 Å². The average molecular weight is 260 g/mol. The van der Waals surface area contributed by atoms with Crippen molar-refractivity contribution in [2.24, 2.45) is 0 Å². The molecule has 18 heavy (non-hydrogen) atoms. The van der Waals surface area contributed by atoms with Crippen molar-refractivity contribution < 1.29 is 9.21 Å². The summed E-state index contributed by atoms with van der Waals surface area (Å²) < 4.78 is 5.14. The second-order valence-corrected chi connectivity index (χ2v) is 3.71. The third kappa shape index (κ3) is 2.61. The average Bonchev–Trinajstić information content (AvgIpc) is 2.83. The largest absolute Gasteiger partial charge is 0.409 e. The number of carbonyl (C=O) groups excluding carboxylic acids is 1. The summed E-state index contributed by atoms with van der Waals surface area (Å²) >= 11 is 4.77. The van der Waals surface area contributed by atoms with Crippen LogP contribution >= 0.6 is 12.2 Å². The van der Waals surface area contributed by atoms with E-state index in [4.69, 9.17) is 21.9 Å². The van der Waals surface area contributed by atoms with Crippen molar-refractivity contribution >= 4 is 18.1 Å². The first kappa shape index (κ1) is 12.0.